The van der Waals surface area contributed by atoms with Gasteiger partial charge < -0.3 is 24.8 Å². The molecule has 2 aliphatic heterocycles. The summed E-state index contributed by atoms with van der Waals surface area (Å²) in [5.41, 5.74) is 6.17. The number of hydrogen-bond donors (Lipinski definition) is 1. The number of rotatable bonds is 6. The number of anilines is 2. The van der Waals surface area contributed by atoms with Crippen LogP contribution in [0.4, 0.5) is 11.4 Å². The predicted octanol–water partition coefficient (Wildman–Crippen LogP) is 4.91. The fourth-order valence-corrected chi connectivity index (χ4v) is 5.29. The second-order valence-corrected chi connectivity index (χ2v) is 10.2. The van der Waals surface area contributed by atoms with Crippen LogP contribution in [0.5, 0.6) is 5.75 Å². The van der Waals surface area contributed by atoms with Gasteiger partial charge in [0.1, 0.15) is 5.75 Å². The maximum atomic E-state index is 13.1. The van der Waals surface area contributed by atoms with Crippen LogP contribution in [0, 0.1) is 6.92 Å². The largest absolute Gasteiger partial charge is 0.495 e. The number of carbonyl (C=O) groups is 2. The lowest BCUT2D eigenvalue weighted by atomic mass is 9.97. The summed E-state index contributed by atoms with van der Waals surface area (Å²) >= 11 is 0. The lowest BCUT2D eigenvalue weighted by Crippen LogP contribution is -2.44. The monoisotopic (exact) mass is 512 g/mol. The molecule has 3 aromatic rings. The molecule has 0 unspecified atom stereocenters. The molecule has 0 saturated carbocycles. The van der Waals surface area contributed by atoms with Crippen LogP contribution in [0.1, 0.15) is 39.1 Å². The highest BCUT2D eigenvalue weighted by Crippen LogP contribution is 2.32. The van der Waals surface area contributed by atoms with E-state index in [0.29, 0.717) is 5.56 Å². The van der Waals surface area contributed by atoms with E-state index >= 15 is 0 Å². The van der Waals surface area contributed by atoms with E-state index in [0.717, 1.165) is 91.5 Å². The summed E-state index contributed by atoms with van der Waals surface area (Å²) in [6.07, 6.45) is 2.16. The third kappa shape index (κ3) is 5.53. The number of carbonyl (C=O) groups excluding carboxylic acids is 2. The van der Waals surface area contributed by atoms with E-state index in [9.17, 15) is 9.59 Å². The standard InChI is InChI=1S/C31H36N4O3/c1-22-20-25(31(37)35-14-4-5-15-35)10-12-27(22)23-6-8-24(9-7-23)30(36)32-26-11-13-29(38-3)28(21-26)34-18-16-33(2)17-19-34/h6-13,20-21H,4-5,14-19H2,1-3H3,(H,32,36). The molecule has 2 saturated heterocycles. The van der Waals surface area contributed by atoms with Gasteiger partial charge in [0.15, 0.2) is 0 Å². The smallest absolute Gasteiger partial charge is 0.255 e. The molecule has 0 spiro atoms. The average molecular weight is 513 g/mol. The maximum Gasteiger partial charge on any atom is 0.255 e. The molecule has 5 rings (SSSR count). The normalized spacial score (nSPS) is 16.0. The van der Waals surface area contributed by atoms with Crippen LogP contribution in [0.2, 0.25) is 0 Å². The van der Waals surface area contributed by atoms with Crippen molar-refractivity contribution < 1.29 is 14.3 Å². The van der Waals surface area contributed by atoms with Crippen LogP contribution in [0.15, 0.2) is 60.7 Å². The molecule has 0 radical (unpaired) electrons. The number of piperazine rings is 1. The Morgan fingerprint density at radius 1 is 0.816 bits per heavy atom. The number of benzene rings is 3. The highest BCUT2D eigenvalue weighted by molar-refractivity contribution is 6.05. The van der Waals surface area contributed by atoms with Crippen LogP contribution in [-0.2, 0) is 0 Å². The molecule has 0 atom stereocenters. The van der Waals surface area contributed by atoms with Gasteiger partial charge in [0, 0.05) is 56.1 Å². The number of methoxy groups -OCH3 is 1. The Bertz CT molecular complexity index is 1310. The first-order valence-electron chi connectivity index (χ1n) is 13.4. The first-order valence-corrected chi connectivity index (χ1v) is 13.4. The quantitative estimate of drug-likeness (QED) is 0.508. The van der Waals surface area contributed by atoms with Gasteiger partial charge in [-0.1, -0.05) is 18.2 Å². The van der Waals surface area contributed by atoms with Gasteiger partial charge in [-0.15, -0.1) is 0 Å². The maximum absolute atomic E-state index is 13.1. The zero-order chi connectivity index (χ0) is 26.6. The molecule has 2 amide bonds. The molecule has 3 aromatic carbocycles. The van der Waals surface area contributed by atoms with Crippen molar-refractivity contribution in [3.8, 4) is 16.9 Å². The molecule has 7 nitrogen and oxygen atoms in total. The topological polar surface area (TPSA) is 65.1 Å². The number of aryl methyl sites for hydroxylation is 1. The summed E-state index contributed by atoms with van der Waals surface area (Å²) in [4.78, 5) is 32.3. The Kier molecular flexibility index (Phi) is 7.65. The third-order valence-electron chi connectivity index (χ3n) is 7.61. The summed E-state index contributed by atoms with van der Waals surface area (Å²) in [5.74, 6) is 0.758. The number of nitrogens with one attached hydrogen (secondary N) is 1. The van der Waals surface area contributed by atoms with E-state index in [1.54, 1.807) is 7.11 Å². The second kappa shape index (κ2) is 11.3. The van der Waals surface area contributed by atoms with Crippen molar-refractivity contribution in [2.75, 3.05) is 63.6 Å². The van der Waals surface area contributed by atoms with Gasteiger partial charge >= 0.3 is 0 Å². The third-order valence-corrected chi connectivity index (χ3v) is 7.61. The summed E-state index contributed by atoms with van der Waals surface area (Å²) in [7, 11) is 3.80. The Labute approximate surface area is 225 Å². The fraction of sp³-hybridized carbons (Fsp3) is 0.355. The number of nitrogens with zero attached hydrogens (tertiary/aromatic N) is 3. The Morgan fingerprint density at radius 3 is 2.16 bits per heavy atom. The molecular weight excluding hydrogens is 476 g/mol. The molecule has 2 fully saturated rings. The zero-order valence-corrected chi connectivity index (χ0v) is 22.5. The minimum absolute atomic E-state index is 0.110. The Balaban J connectivity index is 1.28. The molecule has 2 aliphatic rings. The molecule has 198 valence electrons. The van der Waals surface area contributed by atoms with Crippen LogP contribution < -0.4 is 15.0 Å². The summed E-state index contributed by atoms with van der Waals surface area (Å²) < 4.78 is 5.59. The highest BCUT2D eigenvalue weighted by atomic mass is 16.5. The van der Waals surface area contributed by atoms with Gasteiger partial charge in [-0.2, -0.15) is 0 Å². The molecule has 1 N–H and O–H groups in total. The lowest BCUT2D eigenvalue weighted by molar-refractivity contribution is 0.0792. The first kappa shape index (κ1) is 25.8. The number of ether oxygens (including phenoxy) is 1. The van der Waals surface area contributed by atoms with Crippen LogP contribution in [0.3, 0.4) is 0 Å². The first-order chi connectivity index (χ1) is 18.4. The van der Waals surface area contributed by atoms with Crippen molar-refractivity contribution in [1.82, 2.24) is 9.80 Å². The predicted molar refractivity (Wildman–Crippen MR) is 152 cm³/mol. The average Bonchev–Trinajstić information content (AvgIpc) is 3.48. The van der Waals surface area contributed by atoms with Gasteiger partial charge in [0.25, 0.3) is 11.8 Å². The van der Waals surface area contributed by atoms with Crippen LogP contribution in [-0.4, -0.2) is 75.0 Å². The van der Waals surface area contributed by atoms with E-state index in [4.69, 9.17) is 4.74 Å². The molecule has 0 aliphatic carbocycles. The van der Waals surface area contributed by atoms with E-state index in [1.807, 2.05) is 72.5 Å². The van der Waals surface area contributed by atoms with E-state index in [2.05, 4.69) is 22.2 Å². The SMILES string of the molecule is COc1ccc(NC(=O)c2ccc(-c3ccc(C(=O)N4CCCC4)cc3C)cc2)cc1N1CCN(C)CC1. The lowest BCUT2D eigenvalue weighted by Gasteiger charge is -2.34. The summed E-state index contributed by atoms with van der Waals surface area (Å²) in [5, 5.41) is 3.04. The van der Waals surface area contributed by atoms with E-state index in [1.165, 1.54) is 0 Å². The number of likely N-dealkylation sites (tertiary alicyclic amines) is 1. The van der Waals surface area contributed by atoms with Crippen molar-refractivity contribution in [2.24, 2.45) is 0 Å². The van der Waals surface area contributed by atoms with E-state index in [-0.39, 0.29) is 11.8 Å². The summed E-state index contributed by atoms with van der Waals surface area (Å²) in [6.45, 7) is 7.52. The van der Waals surface area contributed by atoms with Crippen LogP contribution >= 0.6 is 0 Å². The van der Waals surface area contributed by atoms with Gasteiger partial charge in [0.05, 0.1) is 12.8 Å². The molecule has 0 bridgehead atoms. The molecule has 2 heterocycles. The minimum atomic E-state index is -0.158. The van der Waals surface area contributed by atoms with Crippen LogP contribution in [0.25, 0.3) is 11.1 Å². The van der Waals surface area contributed by atoms with Gasteiger partial charge in [-0.05, 0) is 86.0 Å². The van der Waals surface area contributed by atoms with Crippen molar-refractivity contribution in [2.45, 2.75) is 19.8 Å². The summed E-state index contributed by atoms with van der Waals surface area (Å²) in [6, 6.07) is 19.3. The molecule has 38 heavy (non-hydrogen) atoms. The van der Waals surface area contributed by atoms with Gasteiger partial charge in [-0.25, -0.2) is 0 Å². The van der Waals surface area contributed by atoms with Crippen molar-refractivity contribution in [3.63, 3.8) is 0 Å². The van der Waals surface area contributed by atoms with E-state index < -0.39 is 0 Å². The van der Waals surface area contributed by atoms with Crippen molar-refractivity contribution in [3.05, 3.63) is 77.4 Å². The highest BCUT2D eigenvalue weighted by Gasteiger charge is 2.21. The Hall–Kier alpha value is -3.84. The van der Waals surface area contributed by atoms with Gasteiger partial charge in [-0.3, -0.25) is 9.59 Å². The van der Waals surface area contributed by atoms with Gasteiger partial charge in [0.2, 0.25) is 0 Å². The number of amides is 2. The molecule has 7 heteroatoms. The fourth-order valence-electron chi connectivity index (χ4n) is 5.29. The number of likely N-dealkylation sites (N-methyl/N-ethyl adjacent to an activating group) is 1. The molecule has 0 aromatic heterocycles. The van der Waals surface area contributed by atoms with Crippen molar-refractivity contribution in [1.29, 1.82) is 0 Å². The van der Waals surface area contributed by atoms with Crippen molar-refractivity contribution >= 4 is 23.2 Å². The molecular formula is C31H36N4O3. The zero-order valence-electron chi connectivity index (χ0n) is 22.5. The second-order valence-electron chi connectivity index (χ2n) is 10.2. The minimum Gasteiger partial charge on any atom is -0.495 e. The Morgan fingerprint density at radius 2 is 1.50 bits per heavy atom. The number of hydrogen-bond acceptors (Lipinski definition) is 5.